The third-order valence-corrected chi connectivity index (χ3v) is 7.24. The second-order valence-electron chi connectivity index (χ2n) is 9.03. The van der Waals surface area contributed by atoms with Gasteiger partial charge in [0, 0.05) is 5.41 Å². The zero-order valence-corrected chi connectivity index (χ0v) is 16.2. The van der Waals surface area contributed by atoms with Gasteiger partial charge in [0.1, 0.15) is 18.0 Å². The van der Waals surface area contributed by atoms with Crippen molar-refractivity contribution in [3.8, 4) is 0 Å². The van der Waals surface area contributed by atoms with Gasteiger partial charge in [0.15, 0.2) is 0 Å². The lowest BCUT2D eigenvalue weighted by Crippen LogP contribution is -2.59. The molecule has 0 saturated heterocycles. The molecule has 0 aromatic heterocycles. The van der Waals surface area contributed by atoms with Crippen LogP contribution in [0.15, 0.2) is 24.3 Å². The van der Waals surface area contributed by atoms with E-state index >= 15 is 0 Å². The van der Waals surface area contributed by atoms with Gasteiger partial charge in [-0.3, -0.25) is 0 Å². The monoisotopic (exact) mass is 330 g/mol. The van der Waals surface area contributed by atoms with E-state index in [1.54, 1.807) is 0 Å². The summed E-state index contributed by atoms with van der Waals surface area (Å²) in [6.07, 6.45) is 13.8. The summed E-state index contributed by atoms with van der Waals surface area (Å²) in [7, 11) is 0. The first-order valence-electron chi connectivity index (χ1n) is 9.50. The van der Waals surface area contributed by atoms with Crippen molar-refractivity contribution >= 4 is 12.6 Å². The number of hydrogen-bond acceptors (Lipinski definition) is 2. The Labute approximate surface area is 147 Å². The number of rotatable bonds is 6. The van der Waals surface area contributed by atoms with Crippen LogP contribution in [0.1, 0.15) is 60.8 Å². The van der Waals surface area contributed by atoms with Crippen molar-refractivity contribution in [2.45, 2.75) is 60.8 Å². The first kappa shape index (κ1) is 19.1. The second kappa shape index (κ2) is 6.61. The van der Waals surface area contributed by atoms with Crippen LogP contribution in [0.4, 0.5) is 0 Å². The Hall–Kier alpha value is -1.18. The van der Waals surface area contributed by atoms with Crippen LogP contribution in [0.2, 0.25) is 0 Å². The van der Waals surface area contributed by atoms with E-state index in [0.717, 1.165) is 25.4 Å². The SMILES string of the molecule is CC[C@@H](C)CC[C@H]1[C@@H](C)C=C[C@H]2C(C)(C)C=CC(C=O)(C=O)[C@]12C. The van der Waals surface area contributed by atoms with Gasteiger partial charge in [0.25, 0.3) is 0 Å². The highest BCUT2D eigenvalue weighted by molar-refractivity contribution is 5.89. The summed E-state index contributed by atoms with van der Waals surface area (Å²) in [4.78, 5) is 24.2. The summed E-state index contributed by atoms with van der Waals surface area (Å²) in [6, 6.07) is 0. The maximum Gasteiger partial charge on any atom is 0.137 e. The van der Waals surface area contributed by atoms with Gasteiger partial charge in [0.05, 0.1) is 0 Å². The van der Waals surface area contributed by atoms with E-state index in [1.807, 2.05) is 6.08 Å². The van der Waals surface area contributed by atoms with Crippen LogP contribution in [0.25, 0.3) is 0 Å². The molecule has 0 spiro atoms. The first-order chi connectivity index (χ1) is 11.2. The van der Waals surface area contributed by atoms with Gasteiger partial charge in [-0.05, 0) is 35.5 Å². The topological polar surface area (TPSA) is 34.1 Å². The largest absolute Gasteiger partial charge is 0.302 e. The molecule has 0 fully saturated rings. The number of hydrogen-bond donors (Lipinski definition) is 0. The Morgan fingerprint density at radius 3 is 2.25 bits per heavy atom. The van der Waals surface area contributed by atoms with Crippen LogP contribution in [0.5, 0.6) is 0 Å². The fourth-order valence-electron chi connectivity index (χ4n) is 5.24. The minimum atomic E-state index is -1.01. The molecular weight excluding hydrogens is 296 g/mol. The summed E-state index contributed by atoms with van der Waals surface area (Å²) in [5, 5.41) is 0. The molecule has 24 heavy (non-hydrogen) atoms. The lowest BCUT2D eigenvalue weighted by Gasteiger charge is -2.60. The van der Waals surface area contributed by atoms with Crippen molar-refractivity contribution in [3.63, 3.8) is 0 Å². The number of allylic oxidation sites excluding steroid dienone is 4. The van der Waals surface area contributed by atoms with E-state index in [4.69, 9.17) is 0 Å². The van der Waals surface area contributed by atoms with Crippen molar-refractivity contribution in [2.24, 2.45) is 39.9 Å². The van der Waals surface area contributed by atoms with Crippen molar-refractivity contribution in [1.82, 2.24) is 0 Å². The standard InChI is InChI=1S/C22H34O2/c1-7-16(2)8-10-18-17(3)9-11-19-20(4,5)12-13-22(14-23,15-24)21(18,19)6/h9,11-19H,7-8,10H2,1-6H3/t16-,17+,18+,19+,21-/m1/s1. The molecule has 2 aliphatic carbocycles. The fourth-order valence-corrected chi connectivity index (χ4v) is 5.24. The minimum absolute atomic E-state index is 0.0461. The van der Waals surface area contributed by atoms with E-state index in [2.05, 4.69) is 59.8 Å². The lowest BCUT2D eigenvalue weighted by molar-refractivity contribution is -0.143. The molecule has 2 heteroatoms. The summed E-state index contributed by atoms with van der Waals surface area (Å²) in [6.45, 7) is 13.4. The normalized spacial score (nSPS) is 37.5. The van der Waals surface area contributed by atoms with Crippen LogP contribution in [0.3, 0.4) is 0 Å². The van der Waals surface area contributed by atoms with Gasteiger partial charge in [-0.15, -0.1) is 0 Å². The third-order valence-electron chi connectivity index (χ3n) is 7.24. The maximum atomic E-state index is 12.1. The van der Waals surface area contributed by atoms with Gasteiger partial charge in [0.2, 0.25) is 0 Å². The van der Waals surface area contributed by atoms with Crippen molar-refractivity contribution < 1.29 is 9.59 Å². The average Bonchev–Trinajstić information content (AvgIpc) is 2.54. The zero-order chi connectivity index (χ0) is 18.2. The molecule has 0 amide bonds. The van der Waals surface area contributed by atoms with E-state index < -0.39 is 5.41 Å². The molecule has 2 aliphatic rings. The molecule has 0 N–H and O–H groups in total. The summed E-state index contributed by atoms with van der Waals surface area (Å²) in [5.74, 6) is 1.60. The molecular formula is C22H34O2. The fraction of sp³-hybridized carbons (Fsp3) is 0.727. The molecule has 2 nitrogen and oxygen atoms in total. The average molecular weight is 331 g/mol. The van der Waals surface area contributed by atoms with Gasteiger partial charge in [-0.2, -0.15) is 0 Å². The van der Waals surface area contributed by atoms with Gasteiger partial charge in [-0.25, -0.2) is 0 Å². The molecule has 5 atom stereocenters. The molecule has 0 aromatic carbocycles. The molecule has 0 heterocycles. The molecule has 0 radical (unpaired) electrons. The van der Waals surface area contributed by atoms with Crippen LogP contribution >= 0.6 is 0 Å². The molecule has 0 unspecified atom stereocenters. The lowest BCUT2D eigenvalue weighted by atomic mass is 9.42. The minimum Gasteiger partial charge on any atom is -0.302 e. The van der Waals surface area contributed by atoms with Crippen molar-refractivity contribution in [3.05, 3.63) is 24.3 Å². The predicted molar refractivity (Wildman–Crippen MR) is 99.6 cm³/mol. The molecule has 0 aliphatic heterocycles. The highest BCUT2D eigenvalue weighted by atomic mass is 16.1. The number of carbonyl (C=O) groups is 2. The van der Waals surface area contributed by atoms with E-state index in [1.165, 1.54) is 6.42 Å². The van der Waals surface area contributed by atoms with E-state index in [-0.39, 0.29) is 16.7 Å². The first-order valence-corrected chi connectivity index (χ1v) is 9.50. The summed E-state index contributed by atoms with van der Waals surface area (Å²) < 4.78 is 0. The smallest absolute Gasteiger partial charge is 0.137 e. The molecule has 0 aromatic rings. The van der Waals surface area contributed by atoms with Crippen molar-refractivity contribution in [1.29, 1.82) is 0 Å². The van der Waals surface area contributed by atoms with Crippen LogP contribution < -0.4 is 0 Å². The zero-order valence-electron chi connectivity index (χ0n) is 16.2. The Kier molecular flexibility index (Phi) is 5.28. The molecule has 134 valence electrons. The maximum absolute atomic E-state index is 12.1. The number of aldehydes is 2. The van der Waals surface area contributed by atoms with Gasteiger partial charge < -0.3 is 9.59 Å². The van der Waals surface area contributed by atoms with Crippen molar-refractivity contribution in [2.75, 3.05) is 0 Å². The number of carbonyl (C=O) groups excluding carboxylic acids is 2. The van der Waals surface area contributed by atoms with Crippen LogP contribution in [0, 0.1) is 39.9 Å². The summed E-state index contributed by atoms with van der Waals surface area (Å²) in [5.41, 5.74) is -1.42. The molecule has 0 bridgehead atoms. The number of fused-ring (bicyclic) bond motifs is 1. The van der Waals surface area contributed by atoms with Crippen LogP contribution in [-0.2, 0) is 9.59 Å². The Bertz CT molecular complexity index is 534. The molecule has 2 rings (SSSR count). The highest BCUT2D eigenvalue weighted by Gasteiger charge is 2.61. The Balaban J connectivity index is 2.55. The van der Waals surface area contributed by atoms with Crippen LogP contribution in [-0.4, -0.2) is 12.6 Å². The Morgan fingerprint density at radius 2 is 1.71 bits per heavy atom. The van der Waals surface area contributed by atoms with Gasteiger partial charge >= 0.3 is 0 Å². The second-order valence-corrected chi connectivity index (χ2v) is 9.03. The van der Waals surface area contributed by atoms with Gasteiger partial charge in [-0.1, -0.05) is 78.7 Å². The highest BCUT2D eigenvalue weighted by Crippen LogP contribution is 2.63. The third kappa shape index (κ3) is 2.72. The quantitative estimate of drug-likeness (QED) is 0.379. The molecule has 0 saturated carbocycles. The predicted octanol–water partition coefficient (Wildman–Crippen LogP) is 5.24. The Morgan fingerprint density at radius 1 is 1.08 bits per heavy atom. The summed E-state index contributed by atoms with van der Waals surface area (Å²) >= 11 is 0. The van der Waals surface area contributed by atoms with E-state index in [0.29, 0.717) is 17.8 Å². The van der Waals surface area contributed by atoms with E-state index in [9.17, 15) is 9.59 Å².